The average Bonchev–Trinajstić information content (AvgIpc) is 3.15. The van der Waals surface area contributed by atoms with Crippen molar-refractivity contribution in [3.63, 3.8) is 0 Å². The van der Waals surface area contributed by atoms with Crippen LogP contribution in [-0.2, 0) is 4.74 Å². The quantitative estimate of drug-likeness (QED) is 0.859. The van der Waals surface area contributed by atoms with Crippen LogP contribution in [0.1, 0.15) is 31.4 Å². The Morgan fingerprint density at radius 3 is 2.65 bits per heavy atom. The predicted octanol–water partition coefficient (Wildman–Crippen LogP) is 2.31. The Bertz CT molecular complexity index is 589. The minimum Gasteiger partial charge on any atom is -0.396 e. The Morgan fingerprint density at radius 2 is 2.04 bits per heavy atom. The van der Waals surface area contributed by atoms with Crippen LogP contribution in [-0.4, -0.2) is 41.0 Å². The summed E-state index contributed by atoms with van der Waals surface area (Å²) in [5.41, 5.74) is 2.31. The standard InChI is InChI=1S/C18H25N3O2/c1-15(20-12-18(13-22)6-10-23-11-7-18)16-2-4-17(5-3-16)21-9-8-19-14-21/h2-5,8-9,14-15,20,22H,6-7,10-13H2,1H3. The molecule has 2 N–H and O–H groups in total. The lowest BCUT2D eigenvalue weighted by Crippen LogP contribution is -2.42. The Morgan fingerprint density at radius 1 is 1.30 bits per heavy atom. The summed E-state index contributed by atoms with van der Waals surface area (Å²) in [6.07, 6.45) is 7.35. The fourth-order valence-corrected chi connectivity index (χ4v) is 3.03. The number of imidazole rings is 1. The molecular weight excluding hydrogens is 290 g/mol. The summed E-state index contributed by atoms with van der Waals surface area (Å²) in [6.45, 7) is 4.69. The molecule has 0 amide bonds. The maximum atomic E-state index is 9.76. The van der Waals surface area contributed by atoms with Crippen molar-refractivity contribution in [3.05, 3.63) is 48.5 Å². The topological polar surface area (TPSA) is 59.3 Å². The number of nitrogens with zero attached hydrogens (tertiary/aromatic N) is 2. The number of hydrogen-bond donors (Lipinski definition) is 2. The zero-order valence-electron chi connectivity index (χ0n) is 13.6. The van der Waals surface area contributed by atoms with E-state index in [2.05, 4.69) is 41.5 Å². The number of benzene rings is 1. The molecule has 0 saturated carbocycles. The highest BCUT2D eigenvalue weighted by Gasteiger charge is 2.32. The molecule has 0 spiro atoms. The number of hydrogen-bond acceptors (Lipinski definition) is 4. The van der Waals surface area contributed by atoms with Crippen molar-refractivity contribution in [2.75, 3.05) is 26.4 Å². The van der Waals surface area contributed by atoms with E-state index in [1.807, 2.05) is 10.8 Å². The normalized spacial score (nSPS) is 18.7. The molecule has 1 atom stereocenters. The Hall–Kier alpha value is -1.69. The van der Waals surface area contributed by atoms with Crippen molar-refractivity contribution in [3.8, 4) is 5.69 Å². The first kappa shape index (κ1) is 16.2. The highest BCUT2D eigenvalue weighted by Crippen LogP contribution is 2.30. The SMILES string of the molecule is CC(NCC1(CO)CCOCC1)c1ccc(-n2ccnc2)cc1. The van der Waals surface area contributed by atoms with Crippen molar-refractivity contribution in [2.24, 2.45) is 5.41 Å². The van der Waals surface area contributed by atoms with Gasteiger partial charge in [0.15, 0.2) is 0 Å². The largest absolute Gasteiger partial charge is 0.396 e. The summed E-state index contributed by atoms with van der Waals surface area (Å²) in [6, 6.07) is 8.74. The van der Waals surface area contributed by atoms with E-state index < -0.39 is 0 Å². The first-order valence-electron chi connectivity index (χ1n) is 8.23. The molecule has 1 aromatic heterocycles. The second-order valence-corrected chi connectivity index (χ2v) is 6.43. The van der Waals surface area contributed by atoms with E-state index in [0.717, 1.165) is 38.3 Å². The van der Waals surface area contributed by atoms with E-state index >= 15 is 0 Å². The maximum Gasteiger partial charge on any atom is 0.0991 e. The Balaban J connectivity index is 1.60. The van der Waals surface area contributed by atoms with Gasteiger partial charge in [0.05, 0.1) is 12.9 Å². The van der Waals surface area contributed by atoms with Crippen molar-refractivity contribution < 1.29 is 9.84 Å². The van der Waals surface area contributed by atoms with Gasteiger partial charge in [-0.25, -0.2) is 4.98 Å². The highest BCUT2D eigenvalue weighted by molar-refractivity contribution is 5.35. The van der Waals surface area contributed by atoms with Gasteiger partial charge in [0, 0.05) is 49.3 Å². The maximum absolute atomic E-state index is 9.76. The number of nitrogens with one attached hydrogen (secondary N) is 1. The molecule has 2 heterocycles. The summed E-state index contributed by atoms with van der Waals surface area (Å²) in [5, 5.41) is 13.3. The molecule has 0 aliphatic carbocycles. The van der Waals surface area contributed by atoms with Gasteiger partial charge in [-0.05, 0) is 37.5 Å². The minimum atomic E-state index is -0.0384. The number of aromatic nitrogens is 2. The summed E-state index contributed by atoms with van der Waals surface area (Å²) in [5.74, 6) is 0. The van der Waals surface area contributed by atoms with Gasteiger partial charge in [-0.3, -0.25) is 0 Å². The third kappa shape index (κ3) is 3.80. The van der Waals surface area contributed by atoms with Crippen LogP contribution in [0.5, 0.6) is 0 Å². The second-order valence-electron chi connectivity index (χ2n) is 6.43. The summed E-state index contributed by atoms with van der Waals surface area (Å²) < 4.78 is 7.41. The van der Waals surface area contributed by atoms with Crippen molar-refractivity contribution in [1.82, 2.24) is 14.9 Å². The van der Waals surface area contributed by atoms with Gasteiger partial charge < -0.3 is 19.7 Å². The molecule has 1 aliphatic rings. The van der Waals surface area contributed by atoms with Gasteiger partial charge in [0.1, 0.15) is 0 Å². The van der Waals surface area contributed by atoms with Crippen molar-refractivity contribution >= 4 is 0 Å². The molecule has 1 fully saturated rings. The molecule has 1 aliphatic heterocycles. The molecule has 23 heavy (non-hydrogen) atoms. The lowest BCUT2D eigenvalue weighted by Gasteiger charge is -2.36. The van der Waals surface area contributed by atoms with Gasteiger partial charge in [0.25, 0.3) is 0 Å². The van der Waals surface area contributed by atoms with E-state index in [9.17, 15) is 5.11 Å². The van der Waals surface area contributed by atoms with Crippen LogP contribution in [0.3, 0.4) is 0 Å². The van der Waals surface area contributed by atoms with E-state index in [0.29, 0.717) is 0 Å². The molecular formula is C18H25N3O2. The predicted molar refractivity (Wildman–Crippen MR) is 89.6 cm³/mol. The Labute approximate surface area is 137 Å². The fourth-order valence-electron chi connectivity index (χ4n) is 3.03. The van der Waals surface area contributed by atoms with Gasteiger partial charge in [0.2, 0.25) is 0 Å². The van der Waals surface area contributed by atoms with Crippen LogP contribution in [0, 0.1) is 5.41 Å². The van der Waals surface area contributed by atoms with Crippen LogP contribution >= 0.6 is 0 Å². The average molecular weight is 315 g/mol. The fraction of sp³-hybridized carbons (Fsp3) is 0.500. The first-order chi connectivity index (χ1) is 11.2. The molecule has 124 valence electrons. The van der Waals surface area contributed by atoms with E-state index in [-0.39, 0.29) is 18.1 Å². The van der Waals surface area contributed by atoms with Gasteiger partial charge in [-0.15, -0.1) is 0 Å². The minimum absolute atomic E-state index is 0.0384. The second kappa shape index (κ2) is 7.25. The van der Waals surface area contributed by atoms with E-state index in [1.165, 1.54) is 5.56 Å². The third-order valence-corrected chi connectivity index (χ3v) is 4.87. The van der Waals surface area contributed by atoms with Crippen molar-refractivity contribution in [1.29, 1.82) is 0 Å². The van der Waals surface area contributed by atoms with Crippen LogP contribution < -0.4 is 5.32 Å². The van der Waals surface area contributed by atoms with Crippen LogP contribution in [0.25, 0.3) is 5.69 Å². The van der Waals surface area contributed by atoms with Gasteiger partial charge in [-0.2, -0.15) is 0 Å². The van der Waals surface area contributed by atoms with Crippen molar-refractivity contribution in [2.45, 2.75) is 25.8 Å². The zero-order valence-corrected chi connectivity index (χ0v) is 13.6. The van der Waals surface area contributed by atoms with Crippen LogP contribution in [0.4, 0.5) is 0 Å². The summed E-state index contributed by atoms with van der Waals surface area (Å²) in [4.78, 5) is 4.07. The van der Waals surface area contributed by atoms with E-state index in [1.54, 1.807) is 12.5 Å². The molecule has 5 nitrogen and oxygen atoms in total. The van der Waals surface area contributed by atoms with Crippen LogP contribution in [0.15, 0.2) is 43.0 Å². The van der Waals surface area contributed by atoms with Gasteiger partial charge in [-0.1, -0.05) is 12.1 Å². The number of ether oxygens (including phenoxy) is 1. The molecule has 1 aromatic carbocycles. The zero-order chi connectivity index (χ0) is 16.1. The summed E-state index contributed by atoms with van der Waals surface area (Å²) in [7, 11) is 0. The Kier molecular flexibility index (Phi) is 5.10. The van der Waals surface area contributed by atoms with Gasteiger partial charge >= 0.3 is 0 Å². The number of aliphatic hydroxyl groups excluding tert-OH is 1. The lowest BCUT2D eigenvalue weighted by molar-refractivity contribution is -0.0163. The summed E-state index contributed by atoms with van der Waals surface area (Å²) >= 11 is 0. The number of rotatable bonds is 6. The number of aliphatic hydroxyl groups is 1. The van der Waals surface area contributed by atoms with Crippen LogP contribution in [0.2, 0.25) is 0 Å². The molecule has 5 heteroatoms. The first-order valence-corrected chi connectivity index (χ1v) is 8.23. The molecule has 1 saturated heterocycles. The highest BCUT2D eigenvalue weighted by atomic mass is 16.5. The smallest absolute Gasteiger partial charge is 0.0991 e. The molecule has 0 radical (unpaired) electrons. The molecule has 3 rings (SSSR count). The molecule has 0 bridgehead atoms. The van der Waals surface area contributed by atoms with E-state index in [4.69, 9.17) is 4.74 Å². The monoisotopic (exact) mass is 315 g/mol. The third-order valence-electron chi connectivity index (χ3n) is 4.87. The molecule has 2 aromatic rings. The lowest BCUT2D eigenvalue weighted by atomic mass is 9.80. The molecule has 1 unspecified atom stereocenters.